The van der Waals surface area contributed by atoms with Gasteiger partial charge < -0.3 is 28.1 Å². The summed E-state index contributed by atoms with van der Waals surface area (Å²) in [7, 11) is 5.61. The van der Waals surface area contributed by atoms with Gasteiger partial charge in [-0.1, -0.05) is 5.16 Å². The van der Waals surface area contributed by atoms with Crippen molar-refractivity contribution in [2.24, 2.45) is 0 Å². The van der Waals surface area contributed by atoms with Crippen LogP contribution in [0.2, 0.25) is 0 Å². The van der Waals surface area contributed by atoms with Crippen LogP contribution in [0.5, 0.6) is 11.5 Å². The fourth-order valence-electron chi connectivity index (χ4n) is 3.05. The van der Waals surface area contributed by atoms with Crippen molar-refractivity contribution in [1.82, 2.24) is 15.0 Å². The molecule has 0 saturated carbocycles. The first kappa shape index (κ1) is 18.5. The molecule has 2 aromatic heterocycles. The summed E-state index contributed by atoms with van der Waals surface area (Å²) in [4.78, 5) is 6.56. The Morgan fingerprint density at radius 2 is 2.11 bits per heavy atom. The molecule has 1 aliphatic rings. The lowest BCUT2D eigenvalue weighted by molar-refractivity contribution is 0.111. The molecule has 28 heavy (non-hydrogen) atoms. The smallest absolute Gasteiger partial charge is 0.294 e. The van der Waals surface area contributed by atoms with Crippen molar-refractivity contribution in [2.75, 3.05) is 41.0 Å². The second kappa shape index (κ2) is 8.04. The molecule has 8 heteroatoms. The van der Waals surface area contributed by atoms with Crippen LogP contribution < -0.4 is 9.47 Å². The van der Waals surface area contributed by atoms with Crippen molar-refractivity contribution in [3.8, 4) is 34.5 Å². The molecule has 4 rings (SSSR count). The second-order valence-electron chi connectivity index (χ2n) is 6.81. The first-order chi connectivity index (χ1) is 13.7. The Balaban J connectivity index is 1.56. The number of rotatable bonds is 7. The number of fused-ring (bicyclic) bond motifs is 1. The molecule has 3 heterocycles. The molecule has 0 spiro atoms. The Labute approximate surface area is 163 Å². The Morgan fingerprint density at radius 1 is 1.21 bits per heavy atom. The maximum Gasteiger partial charge on any atom is 0.294 e. The summed E-state index contributed by atoms with van der Waals surface area (Å²) in [6, 6.07) is 5.57. The molecule has 1 aromatic carbocycles. The van der Waals surface area contributed by atoms with Crippen molar-refractivity contribution in [3.05, 3.63) is 35.6 Å². The lowest BCUT2D eigenvalue weighted by Crippen LogP contribution is -2.19. The minimum absolute atomic E-state index is 0.364. The van der Waals surface area contributed by atoms with E-state index in [9.17, 15) is 0 Å². The van der Waals surface area contributed by atoms with E-state index >= 15 is 0 Å². The monoisotopic (exact) mass is 385 g/mol. The van der Waals surface area contributed by atoms with Crippen molar-refractivity contribution in [2.45, 2.75) is 13.0 Å². The fraction of sp³-hybridized carbons (Fsp3) is 0.400. The molecule has 0 unspecified atom stereocenters. The van der Waals surface area contributed by atoms with Crippen molar-refractivity contribution < 1.29 is 23.2 Å². The number of furan rings is 1. The molecule has 0 amide bonds. The van der Waals surface area contributed by atoms with E-state index < -0.39 is 0 Å². The largest absolute Gasteiger partial charge is 0.493 e. The number of nitrogens with zero attached hydrogens (tertiary/aromatic N) is 3. The number of benzene rings is 1. The summed E-state index contributed by atoms with van der Waals surface area (Å²) < 4.78 is 27.8. The predicted octanol–water partition coefficient (Wildman–Crippen LogP) is 3.02. The summed E-state index contributed by atoms with van der Waals surface area (Å²) >= 11 is 0. The normalized spacial score (nSPS) is 13.6. The van der Waals surface area contributed by atoms with Crippen LogP contribution in [0.15, 0.2) is 33.4 Å². The maximum atomic E-state index is 5.80. The molecule has 3 aromatic rings. The highest BCUT2D eigenvalue weighted by Crippen LogP contribution is 2.34. The molecule has 0 fully saturated rings. The summed E-state index contributed by atoms with van der Waals surface area (Å²) in [6.07, 6.45) is 2.46. The average molecular weight is 385 g/mol. The predicted molar refractivity (Wildman–Crippen MR) is 101 cm³/mol. The molecule has 0 aliphatic carbocycles. The van der Waals surface area contributed by atoms with Gasteiger partial charge in [0.2, 0.25) is 5.82 Å². The third kappa shape index (κ3) is 3.74. The number of ether oxygens (including phenoxy) is 3. The van der Waals surface area contributed by atoms with Gasteiger partial charge in [0.15, 0.2) is 17.3 Å². The average Bonchev–Trinajstić information content (AvgIpc) is 3.35. The quantitative estimate of drug-likeness (QED) is 0.614. The molecular formula is C20H23N3O5. The first-order valence-electron chi connectivity index (χ1n) is 9.12. The number of hydrogen-bond donors (Lipinski definition) is 0. The first-order valence-corrected chi connectivity index (χ1v) is 9.12. The molecule has 0 atom stereocenters. The van der Waals surface area contributed by atoms with Crippen LogP contribution in [0.4, 0.5) is 0 Å². The topological polar surface area (TPSA) is 83.0 Å². The summed E-state index contributed by atoms with van der Waals surface area (Å²) in [5.74, 6) is 2.74. The van der Waals surface area contributed by atoms with Crippen LogP contribution in [0.1, 0.15) is 11.1 Å². The zero-order valence-electron chi connectivity index (χ0n) is 16.2. The second-order valence-corrected chi connectivity index (χ2v) is 6.81. The third-order valence-corrected chi connectivity index (χ3v) is 4.57. The van der Waals surface area contributed by atoms with E-state index in [-0.39, 0.29) is 0 Å². The van der Waals surface area contributed by atoms with Crippen LogP contribution in [-0.2, 0) is 17.8 Å². The number of methoxy groups -OCH3 is 1. The van der Waals surface area contributed by atoms with Gasteiger partial charge in [-0.3, -0.25) is 0 Å². The van der Waals surface area contributed by atoms with Crippen molar-refractivity contribution in [3.63, 3.8) is 0 Å². The molecule has 148 valence electrons. The van der Waals surface area contributed by atoms with E-state index in [1.807, 2.05) is 32.3 Å². The van der Waals surface area contributed by atoms with Crippen LogP contribution in [-0.4, -0.2) is 56.0 Å². The van der Waals surface area contributed by atoms with Gasteiger partial charge in [-0.2, -0.15) is 4.98 Å². The molecule has 8 nitrogen and oxygen atoms in total. The number of aromatic nitrogens is 2. The van der Waals surface area contributed by atoms with Gasteiger partial charge >= 0.3 is 0 Å². The maximum absolute atomic E-state index is 5.80. The Morgan fingerprint density at radius 3 is 2.93 bits per heavy atom. The fourth-order valence-corrected chi connectivity index (χ4v) is 3.05. The van der Waals surface area contributed by atoms with Crippen LogP contribution >= 0.6 is 0 Å². The SMILES string of the molecule is COc1cc(-c2noc(-c3occ4c3CCOC4)n2)ccc1OCCN(C)C. The summed E-state index contributed by atoms with van der Waals surface area (Å²) in [5.41, 5.74) is 2.88. The van der Waals surface area contributed by atoms with Gasteiger partial charge in [-0.15, -0.1) is 0 Å². The van der Waals surface area contributed by atoms with Crippen molar-refractivity contribution in [1.29, 1.82) is 0 Å². The molecule has 0 N–H and O–H groups in total. The Bertz CT molecular complexity index is 947. The van der Waals surface area contributed by atoms with Gasteiger partial charge in [0.1, 0.15) is 6.61 Å². The van der Waals surface area contributed by atoms with E-state index in [1.165, 1.54) is 0 Å². The van der Waals surface area contributed by atoms with Crippen LogP contribution in [0.3, 0.4) is 0 Å². The third-order valence-electron chi connectivity index (χ3n) is 4.57. The molecule has 0 radical (unpaired) electrons. The van der Waals surface area contributed by atoms with E-state index in [2.05, 4.69) is 15.0 Å². The van der Waals surface area contributed by atoms with Gasteiger partial charge in [0.05, 0.1) is 26.6 Å². The van der Waals surface area contributed by atoms with Gasteiger partial charge in [-0.25, -0.2) is 0 Å². The van der Waals surface area contributed by atoms with Crippen LogP contribution in [0.25, 0.3) is 23.0 Å². The zero-order valence-corrected chi connectivity index (χ0v) is 16.2. The molecular weight excluding hydrogens is 362 g/mol. The van der Waals surface area contributed by atoms with Gasteiger partial charge in [0.25, 0.3) is 5.89 Å². The standard InChI is InChI=1S/C20H23N3O5/c1-23(2)7-9-26-16-5-4-13(10-17(16)24-3)19-21-20(28-22-19)18-15-6-8-25-11-14(15)12-27-18/h4-5,10,12H,6-9,11H2,1-3H3. The Kier molecular flexibility index (Phi) is 5.31. The van der Waals surface area contributed by atoms with E-state index in [0.29, 0.717) is 48.8 Å². The lowest BCUT2D eigenvalue weighted by atomic mass is 10.1. The number of hydrogen-bond acceptors (Lipinski definition) is 8. The van der Waals surface area contributed by atoms with Crippen LogP contribution in [0, 0.1) is 0 Å². The van der Waals surface area contributed by atoms with E-state index in [0.717, 1.165) is 29.7 Å². The van der Waals surface area contributed by atoms with E-state index in [4.69, 9.17) is 23.2 Å². The molecule has 0 bridgehead atoms. The van der Waals surface area contributed by atoms with Gasteiger partial charge in [0, 0.05) is 29.7 Å². The number of likely N-dealkylation sites (N-methyl/N-ethyl adjacent to an activating group) is 1. The molecule has 0 saturated heterocycles. The van der Waals surface area contributed by atoms with Crippen molar-refractivity contribution >= 4 is 0 Å². The van der Waals surface area contributed by atoms with E-state index in [1.54, 1.807) is 13.4 Å². The van der Waals surface area contributed by atoms with Gasteiger partial charge in [-0.05, 0) is 32.3 Å². The minimum atomic E-state index is 0.364. The Hall–Kier alpha value is -2.84. The highest BCUT2D eigenvalue weighted by atomic mass is 16.5. The lowest BCUT2D eigenvalue weighted by Gasteiger charge is -2.13. The minimum Gasteiger partial charge on any atom is -0.493 e. The molecule has 1 aliphatic heterocycles. The highest BCUT2D eigenvalue weighted by Gasteiger charge is 2.23. The summed E-state index contributed by atoms with van der Waals surface area (Å²) in [6.45, 7) is 2.60. The highest BCUT2D eigenvalue weighted by molar-refractivity contribution is 5.63. The summed E-state index contributed by atoms with van der Waals surface area (Å²) in [5, 5.41) is 4.10. The zero-order chi connectivity index (χ0) is 19.5.